The lowest BCUT2D eigenvalue weighted by Crippen LogP contribution is -2.56. The van der Waals surface area contributed by atoms with Crippen LogP contribution in [0.2, 0.25) is 0 Å². The molecule has 1 aliphatic carbocycles. The number of carbonyl (C=O) groups excluding carboxylic acids is 3. The van der Waals surface area contributed by atoms with Gasteiger partial charge in [-0.25, -0.2) is 9.18 Å². The molecule has 3 amide bonds. The number of allylic oxidation sites excluding steroid dienone is 3. The molecule has 106 valence electrons. The number of rotatable bonds is 3. The quantitative estimate of drug-likeness (QED) is 0.730. The summed E-state index contributed by atoms with van der Waals surface area (Å²) in [6.45, 7) is 4.47. The number of halogens is 1. The van der Waals surface area contributed by atoms with Crippen molar-refractivity contribution in [3.05, 3.63) is 23.8 Å². The molecule has 0 aromatic rings. The Bertz CT molecular complexity index is 587. The molecular formula is C14H16FN2O3+. The van der Waals surface area contributed by atoms with Gasteiger partial charge in [0.15, 0.2) is 24.2 Å². The maximum atomic E-state index is 14.1. The molecule has 1 heterocycles. The van der Waals surface area contributed by atoms with Gasteiger partial charge in [0.05, 0.1) is 0 Å². The van der Waals surface area contributed by atoms with Crippen LogP contribution in [0.5, 0.6) is 0 Å². The minimum atomic E-state index is -1.56. The van der Waals surface area contributed by atoms with E-state index in [4.69, 9.17) is 0 Å². The molecule has 20 heavy (non-hydrogen) atoms. The fourth-order valence-electron chi connectivity index (χ4n) is 2.33. The molecule has 0 saturated carbocycles. The summed E-state index contributed by atoms with van der Waals surface area (Å²) >= 11 is 0. The highest BCUT2D eigenvalue weighted by atomic mass is 19.1. The van der Waals surface area contributed by atoms with Crippen LogP contribution in [-0.2, 0) is 9.59 Å². The van der Waals surface area contributed by atoms with E-state index in [1.807, 2.05) is 0 Å². The monoisotopic (exact) mass is 279 g/mol. The van der Waals surface area contributed by atoms with Crippen molar-refractivity contribution in [1.82, 2.24) is 4.90 Å². The highest BCUT2D eigenvalue weighted by molar-refractivity contribution is 6.27. The van der Waals surface area contributed by atoms with E-state index in [9.17, 15) is 18.8 Å². The first-order valence-corrected chi connectivity index (χ1v) is 6.39. The molecule has 6 heteroatoms. The highest BCUT2D eigenvalue weighted by Gasteiger charge is 2.48. The number of hydrogen-bond acceptors (Lipinski definition) is 3. The Balaban J connectivity index is 2.63. The molecule has 0 radical (unpaired) electrons. The van der Waals surface area contributed by atoms with Crippen molar-refractivity contribution in [1.29, 1.82) is 0 Å². The molecule has 1 unspecified atom stereocenters. The Kier molecular flexibility index (Phi) is 3.65. The van der Waals surface area contributed by atoms with Crippen molar-refractivity contribution in [2.24, 2.45) is 0 Å². The van der Waals surface area contributed by atoms with Crippen molar-refractivity contribution in [3.8, 4) is 0 Å². The highest BCUT2D eigenvalue weighted by Crippen LogP contribution is 2.22. The third-order valence-corrected chi connectivity index (χ3v) is 3.15. The predicted molar refractivity (Wildman–Crippen MR) is 70.3 cm³/mol. The molecule has 0 bridgehead atoms. The standard InChI is InChI=1S/C14H16FN2O3/c1-8(2)17-13(19)10-5-4-6-11(15)12(10)16(14(17)20)7-9(3)18/h4-6,8,11H,7H2,1-3H3/q+1. The zero-order valence-corrected chi connectivity index (χ0v) is 11.6. The normalized spacial score (nSPS) is 22.4. The number of amides is 3. The maximum Gasteiger partial charge on any atom is 0.501 e. The zero-order chi connectivity index (χ0) is 15.0. The van der Waals surface area contributed by atoms with Crippen molar-refractivity contribution in [3.63, 3.8) is 0 Å². The van der Waals surface area contributed by atoms with Crippen molar-refractivity contribution in [2.45, 2.75) is 33.0 Å². The fourth-order valence-corrected chi connectivity index (χ4v) is 2.33. The lowest BCUT2D eigenvalue weighted by atomic mass is 9.96. The molecule has 0 fully saturated rings. The van der Waals surface area contributed by atoms with Gasteiger partial charge in [0, 0.05) is 0 Å². The summed E-state index contributed by atoms with van der Waals surface area (Å²) in [7, 11) is 0. The summed E-state index contributed by atoms with van der Waals surface area (Å²) in [6.07, 6.45) is 2.61. The number of ketones is 1. The molecule has 2 rings (SSSR count). The van der Waals surface area contributed by atoms with Crippen LogP contribution in [0.25, 0.3) is 0 Å². The number of urea groups is 1. The minimum Gasteiger partial charge on any atom is -0.296 e. The molecule has 0 saturated heterocycles. The second-order valence-electron chi connectivity index (χ2n) is 5.09. The zero-order valence-electron chi connectivity index (χ0n) is 11.6. The smallest absolute Gasteiger partial charge is 0.296 e. The van der Waals surface area contributed by atoms with Crippen molar-refractivity contribution < 1.29 is 23.3 Å². The summed E-state index contributed by atoms with van der Waals surface area (Å²) < 4.78 is 15.1. The van der Waals surface area contributed by atoms with E-state index in [0.717, 1.165) is 9.48 Å². The summed E-state index contributed by atoms with van der Waals surface area (Å²) in [5.74, 6) is -0.795. The van der Waals surface area contributed by atoms with Crippen LogP contribution < -0.4 is 0 Å². The van der Waals surface area contributed by atoms with Gasteiger partial charge < -0.3 is 0 Å². The number of carbonyl (C=O) groups is 3. The molecule has 0 N–H and O–H groups in total. The molecule has 0 aromatic carbocycles. The Labute approximate surface area is 116 Å². The third kappa shape index (κ3) is 2.21. The molecule has 2 aliphatic rings. The number of fused-ring (bicyclic) bond motifs is 1. The first-order chi connectivity index (χ1) is 9.34. The number of imide groups is 1. The minimum absolute atomic E-state index is 0.0328. The number of nitrogens with zero attached hydrogens (tertiary/aromatic N) is 2. The van der Waals surface area contributed by atoms with Crippen LogP contribution in [0.4, 0.5) is 9.18 Å². The Morgan fingerprint density at radius 1 is 1.45 bits per heavy atom. The largest absolute Gasteiger partial charge is 0.501 e. The molecule has 5 nitrogen and oxygen atoms in total. The van der Waals surface area contributed by atoms with E-state index < -0.39 is 18.1 Å². The van der Waals surface area contributed by atoms with Gasteiger partial charge >= 0.3 is 11.9 Å². The molecule has 1 aliphatic heterocycles. The van der Waals surface area contributed by atoms with Crippen LogP contribution in [0.15, 0.2) is 23.8 Å². The summed E-state index contributed by atoms with van der Waals surface area (Å²) in [6, 6.07) is -1.01. The van der Waals surface area contributed by atoms with Gasteiger partial charge in [-0.3, -0.25) is 4.79 Å². The van der Waals surface area contributed by atoms with Crippen LogP contribution in [-0.4, -0.2) is 51.7 Å². The Hall–Kier alpha value is -2.11. The van der Waals surface area contributed by atoms with E-state index in [0.29, 0.717) is 0 Å². The SMILES string of the molecule is CC(=O)C[N+]1=C2C(=CC=CC2F)C(=O)N(C(C)C)C1=O. The Morgan fingerprint density at radius 3 is 2.65 bits per heavy atom. The van der Waals surface area contributed by atoms with Crippen molar-refractivity contribution >= 4 is 23.4 Å². The topological polar surface area (TPSA) is 57.5 Å². The van der Waals surface area contributed by atoms with Crippen LogP contribution in [0.3, 0.4) is 0 Å². The van der Waals surface area contributed by atoms with Gasteiger partial charge in [-0.15, -0.1) is 0 Å². The van der Waals surface area contributed by atoms with E-state index in [-0.39, 0.29) is 29.7 Å². The number of hydrogen-bond donors (Lipinski definition) is 0. The van der Waals surface area contributed by atoms with E-state index >= 15 is 0 Å². The Morgan fingerprint density at radius 2 is 2.10 bits per heavy atom. The van der Waals surface area contributed by atoms with Gasteiger partial charge in [0.25, 0.3) is 0 Å². The number of Topliss-reactive ketones (excluding diaryl/α,β-unsaturated/α-hetero) is 1. The summed E-state index contributed by atoms with van der Waals surface area (Å²) in [4.78, 5) is 37.0. The van der Waals surface area contributed by atoms with Crippen LogP contribution in [0, 0.1) is 0 Å². The first-order valence-electron chi connectivity index (χ1n) is 6.39. The molecule has 0 aromatic heterocycles. The van der Waals surface area contributed by atoms with Gasteiger partial charge in [-0.2, -0.15) is 14.3 Å². The van der Waals surface area contributed by atoms with Crippen LogP contribution >= 0.6 is 0 Å². The average Bonchev–Trinajstić information content (AvgIpc) is 2.34. The predicted octanol–water partition coefficient (Wildman–Crippen LogP) is 1.23. The summed E-state index contributed by atoms with van der Waals surface area (Å²) in [5, 5.41) is 0. The average molecular weight is 279 g/mol. The van der Waals surface area contributed by atoms with Crippen LogP contribution in [0.1, 0.15) is 20.8 Å². The van der Waals surface area contributed by atoms with Gasteiger partial charge in [0.2, 0.25) is 0 Å². The molecule has 1 atom stereocenters. The molecular weight excluding hydrogens is 263 g/mol. The van der Waals surface area contributed by atoms with E-state index in [1.165, 1.54) is 25.2 Å². The summed E-state index contributed by atoms with van der Waals surface area (Å²) in [5.41, 5.74) is 0.101. The second-order valence-corrected chi connectivity index (χ2v) is 5.09. The first kappa shape index (κ1) is 14.3. The van der Waals surface area contributed by atoms with Gasteiger partial charge in [0.1, 0.15) is 11.6 Å². The maximum absolute atomic E-state index is 14.1. The lowest BCUT2D eigenvalue weighted by molar-refractivity contribution is -0.428. The lowest BCUT2D eigenvalue weighted by Gasteiger charge is -2.27. The number of alkyl halides is 1. The van der Waals surface area contributed by atoms with E-state index in [1.54, 1.807) is 13.8 Å². The third-order valence-electron chi connectivity index (χ3n) is 3.15. The second kappa shape index (κ2) is 5.11. The fraction of sp³-hybridized carbons (Fsp3) is 0.429. The van der Waals surface area contributed by atoms with E-state index in [2.05, 4.69) is 0 Å². The van der Waals surface area contributed by atoms with Crippen molar-refractivity contribution in [2.75, 3.05) is 6.54 Å². The van der Waals surface area contributed by atoms with Gasteiger partial charge in [-0.05, 0) is 32.9 Å². The molecule has 0 spiro atoms. The van der Waals surface area contributed by atoms with Gasteiger partial charge in [-0.1, -0.05) is 6.08 Å².